The fourth-order valence-corrected chi connectivity index (χ4v) is 2.76. The Hall–Kier alpha value is -2.76. The van der Waals surface area contributed by atoms with Gasteiger partial charge in [-0.25, -0.2) is 0 Å². The molecule has 1 aromatic heterocycles. The maximum atomic E-state index is 12.4. The Morgan fingerprint density at radius 3 is 2.50 bits per heavy atom. The maximum Gasteiger partial charge on any atom is 0.289 e. The Labute approximate surface area is 140 Å². The second-order valence-electron chi connectivity index (χ2n) is 5.84. The van der Waals surface area contributed by atoms with Crippen LogP contribution in [0.2, 0.25) is 0 Å². The van der Waals surface area contributed by atoms with Crippen molar-refractivity contribution in [2.45, 2.75) is 19.4 Å². The van der Waals surface area contributed by atoms with Gasteiger partial charge < -0.3 is 19.8 Å². The van der Waals surface area contributed by atoms with Crippen LogP contribution in [0.15, 0.2) is 46.9 Å². The van der Waals surface area contributed by atoms with Crippen LogP contribution in [0.4, 0.5) is 0 Å². The van der Waals surface area contributed by atoms with Gasteiger partial charge in [-0.15, -0.1) is 0 Å². The van der Waals surface area contributed by atoms with E-state index in [-0.39, 0.29) is 24.3 Å². The number of rotatable bonds is 5. The molecular formula is C18H20N2O4. The third-order valence-corrected chi connectivity index (χ3v) is 4.18. The first-order chi connectivity index (χ1) is 11.6. The van der Waals surface area contributed by atoms with Gasteiger partial charge in [0.05, 0.1) is 0 Å². The Morgan fingerprint density at radius 2 is 1.83 bits per heavy atom. The summed E-state index contributed by atoms with van der Waals surface area (Å²) >= 11 is 0. The summed E-state index contributed by atoms with van der Waals surface area (Å²) in [4.78, 5) is 25.3. The van der Waals surface area contributed by atoms with Crippen molar-refractivity contribution in [3.63, 3.8) is 0 Å². The van der Waals surface area contributed by atoms with E-state index in [1.165, 1.54) is 0 Å². The van der Waals surface area contributed by atoms with Crippen molar-refractivity contribution in [1.82, 2.24) is 4.90 Å². The summed E-state index contributed by atoms with van der Waals surface area (Å²) < 4.78 is 11.2. The van der Waals surface area contributed by atoms with Gasteiger partial charge >= 0.3 is 0 Å². The summed E-state index contributed by atoms with van der Waals surface area (Å²) in [7, 11) is 0. The monoisotopic (exact) mass is 328 g/mol. The predicted molar refractivity (Wildman–Crippen MR) is 87.3 cm³/mol. The van der Waals surface area contributed by atoms with Crippen LogP contribution < -0.4 is 10.5 Å². The number of nitrogens with two attached hydrogens (primary N) is 1. The molecule has 24 heavy (non-hydrogen) atoms. The minimum atomic E-state index is -0.291. The Balaban J connectivity index is 1.55. The Morgan fingerprint density at radius 1 is 1.12 bits per heavy atom. The SMILES string of the molecule is NC(=O)C1CCN(C(=O)c2ccc(COc3ccccc3)o2)CC1. The summed E-state index contributed by atoms with van der Waals surface area (Å²) in [5.74, 6) is 1.04. The highest BCUT2D eigenvalue weighted by molar-refractivity contribution is 5.91. The zero-order valence-electron chi connectivity index (χ0n) is 13.3. The smallest absolute Gasteiger partial charge is 0.289 e. The van der Waals surface area contributed by atoms with Crippen molar-refractivity contribution >= 4 is 11.8 Å². The maximum absolute atomic E-state index is 12.4. The lowest BCUT2D eigenvalue weighted by atomic mass is 9.96. The van der Waals surface area contributed by atoms with E-state index in [4.69, 9.17) is 14.9 Å². The molecule has 1 aliphatic rings. The van der Waals surface area contributed by atoms with Crippen molar-refractivity contribution < 1.29 is 18.7 Å². The van der Waals surface area contributed by atoms with E-state index in [0.29, 0.717) is 37.5 Å². The van der Waals surface area contributed by atoms with Crippen molar-refractivity contribution in [3.05, 3.63) is 54.0 Å². The molecule has 6 heteroatoms. The molecule has 126 valence electrons. The standard InChI is InChI=1S/C18H20N2O4/c19-17(21)13-8-10-20(11-9-13)18(22)16-7-6-15(24-16)12-23-14-4-2-1-3-5-14/h1-7,13H,8-12H2,(H2,19,21). The molecule has 1 aliphatic heterocycles. The summed E-state index contributed by atoms with van der Waals surface area (Å²) in [6.07, 6.45) is 1.21. The zero-order valence-corrected chi connectivity index (χ0v) is 13.3. The number of primary amides is 1. The number of ether oxygens (including phenoxy) is 1. The average Bonchev–Trinajstić information content (AvgIpc) is 3.09. The molecule has 0 radical (unpaired) electrons. The molecule has 0 spiro atoms. The number of para-hydroxylation sites is 1. The van der Waals surface area contributed by atoms with Gasteiger partial charge in [0.2, 0.25) is 5.91 Å². The molecule has 0 bridgehead atoms. The molecule has 0 aliphatic carbocycles. The number of carbonyl (C=O) groups is 2. The Kier molecular flexibility index (Phi) is 4.84. The van der Waals surface area contributed by atoms with Gasteiger partial charge in [-0.2, -0.15) is 0 Å². The number of nitrogens with zero attached hydrogens (tertiary/aromatic N) is 1. The van der Waals surface area contributed by atoms with Gasteiger partial charge in [-0.3, -0.25) is 9.59 Å². The van der Waals surface area contributed by atoms with Crippen LogP contribution in [-0.2, 0) is 11.4 Å². The summed E-state index contributed by atoms with van der Waals surface area (Å²) in [5.41, 5.74) is 5.31. The number of piperidine rings is 1. The molecule has 0 unspecified atom stereocenters. The summed E-state index contributed by atoms with van der Waals surface area (Å²) in [5, 5.41) is 0. The number of hydrogen-bond acceptors (Lipinski definition) is 4. The first-order valence-electron chi connectivity index (χ1n) is 7.98. The largest absolute Gasteiger partial charge is 0.486 e. The van der Waals surface area contributed by atoms with Crippen LogP contribution in [0.3, 0.4) is 0 Å². The number of hydrogen-bond donors (Lipinski definition) is 1. The van der Waals surface area contributed by atoms with Gasteiger partial charge in [0.15, 0.2) is 5.76 Å². The van der Waals surface area contributed by atoms with Gasteiger partial charge in [0, 0.05) is 19.0 Å². The van der Waals surface area contributed by atoms with Crippen molar-refractivity contribution in [2.24, 2.45) is 11.7 Å². The molecule has 2 N–H and O–H groups in total. The lowest BCUT2D eigenvalue weighted by molar-refractivity contribution is -0.123. The van der Waals surface area contributed by atoms with Gasteiger partial charge in [-0.05, 0) is 37.1 Å². The highest BCUT2D eigenvalue weighted by atomic mass is 16.5. The van der Waals surface area contributed by atoms with Crippen molar-refractivity contribution in [2.75, 3.05) is 13.1 Å². The van der Waals surface area contributed by atoms with Gasteiger partial charge in [0.25, 0.3) is 5.91 Å². The highest BCUT2D eigenvalue weighted by Crippen LogP contribution is 2.20. The fraction of sp³-hybridized carbons (Fsp3) is 0.333. The second kappa shape index (κ2) is 7.21. The fourth-order valence-electron chi connectivity index (χ4n) is 2.76. The first kappa shape index (κ1) is 16.1. The van der Waals surface area contributed by atoms with Crippen LogP contribution in [-0.4, -0.2) is 29.8 Å². The number of amides is 2. The van der Waals surface area contributed by atoms with Crippen LogP contribution in [0.25, 0.3) is 0 Å². The molecule has 3 rings (SSSR count). The zero-order chi connectivity index (χ0) is 16.9. The van der Waals surface area contributed by atoms with E-state index in [9.17, 15) is 9.59 Å². The molecule has 1 saturated heterocycles. The van der Waals surface area contributed by atoms with E-state index in [2.05, 4.69) is 0 Å². The summed E-state index contributed by atoms with van der Waals surface area (Å²) in [6.45, 7) is 1.30. The number of carbonyl (C=O) groups excluding carboxylic acids is 2. The third-order valence-electron chi connectivity index (χ3n) is 4.18. The van der Waals surface area contributed by atoms with Crippen LogP contribution in [0.5, 0.6) is 5.75 Å². The van der Waals surface area contributed by atoms with Crippen molar-refractivity contribution in [1.29, 1.82) is 0 Å². The van der Waals surface area contributed by atoms with Crippen LogP contribution >= 0.6 is 0 Å². The number of furan rings is 1. The predicted octanol–water partition coefficient (Wildman–Crippen LogP) is 2.20. The molecule has 1 aromatic carbocycles. The molecule has 1 fully saturated rings. The molecule has 2 amide bonds. The first-order valence-corrected chi connectivity index (χ1v) is 7.98. The molecule has 2 heterocycles. The van der Waals surface area contributed by atoms with E-state index >= 15 is 0 Å². The van der Waals surface area contributed by atoms with E-state index in [1.54, 1.807) is 17.0 Å². The lowest BCUT2D eigenvalue weighted by Gasteiger charge is -2.29. The van der Waals surface area contributed by atoms with E-state index < -0.39 is 0 Å². The highest BCUT2D eigenvalue weighted by Gasteiger charge is 2.27. The topological polar surface area (TPSA) is 85.8 Å². The van der Waals surface area contributed by atoms with Crippen LogP contribution in [0, 0.1) is 5.92 Å². The lowest BCUT2D eigenvalue weighted by Crippen LogP contribution is -2.41. The molecule has 2 aromatic rings. The number of likely N-dealkylation sites (tertiary alicyclic amines) is 1. The second-order valence-corrected chi connectivity index (χ2v) is 5.84. The minimum Gasteiger partial charge on any atom is -0.486 e. The Bertz CT molecular complexity index is 703. The molecule has 6 nitrogen and oxygen atoms in total. The molecule has 0 atom stereocenters. The number of benzene rings is 1. The quantitative estimate of drug-likeness (QED) is 0.911. The van der Waals surface area contributed by atoms with E-state index in [1.807, 2.05) is 30.3 Å². The summed E-state index contributed by atoms with van der Waals surface area (Å²) in [6, 6.07) is 12.8. The third kappa shape index (κ3) is 3.76. The normalized spacial score (nSPS) is 15.2. The van der Waals surface area contributed by atoms with Gasteiger partial charge in [0.1, 0.15) is 18.1 Å². The minimum absolute atomic E-state index is 0.138. The molecule has 0 saturated carbocycles. The average molecular weight is 328 g/mol. The van der Waals surface area contributed by atoms with Crippen LogP contribution in [0.1, 0.15) is 29.2 Å². The van der Waals surface area contributed by atoms with Crippen molar-refractivity contribution in [3.8, 4) is 5.75 Å². The van der Waals surface area contributed by atoms with E-state index in [0.717, 1.165) is 5.75 Å². The molecular weight excluding hydrogens is 308 g/mol. The van der Waals surface area contributed by atoms with Gasteiger partial charge in [-0.1, -0.05) is 18.2 Å².